The molecule has 96 valence electrons. The average molecular weight is 237 g/mol. The molecule has 4 heteroatoms. The molecule has 2 rings (SSSR count). The monoisotopic (exact) mass is 237 g/mol. The molecule has 4 nitrogen and oxygen atoms in total. The summed E-state index contributed by atoms with van der Waals surface area (Å²) < 4.78 is 7.63. The Labute approximate surface area is 103 Å². The molecule has 17 heavy (non-hydrogen) atoms. The fourth-order valence-corrected chi connectivity index (χ4v) is 1.60. The molecule has 0 radical (unpaired) electrons. The summed E-state index contributed by atoms with van der Waals surface area (Å²) in [5.74, 6) is 0. The summed E-state index contributed by atoms with van der Waals surface area (Å²) in [5.41, 5.74) is 1.05. The van der Waals surface area contributed by atoms with Gasteiger partial charge in [-0.05, 0) is 39.7 Å². The first-order chi connectivity index (χ1) is 8.03. The Morgan fingerprint density at radius 3 is 2.88 bits per heavy atom. The Hall–Kier alpha value is -0.870. The first-order valence-electron chi connectivity index (χ1n) is 6.43. The van der Waals surface area contributed by atoms with Crippen molar-refractivity contribution in [1.82, 2.24) is 15.1 Å². The molecule has 1 aliphatic carbocycles. The van der Waals surface area contributed by atoms with Gasteiger partial charge in [-0.3, -0.25) is 4.68 Å². The van der Waals surface area contributed by atoms with Crippen LogP contribution in [0.15, 0.2) is 12.3 Å². The molecular weight excluding hydrogens is 214 g/mol. The van der Waals surface area contributed by atoms with E-state index in [1.54, 1.807) is 0 Å². The molecule has 0 unspecified atom stereocenters. The minimum Gasteiger partial charge on any atom is -0.374 e. The Balaban J connectivity index is 1.69. The Bertz CT molecular complexity index is 350. The fourth-order valence-electron chi connectivity index (χ4n) is 1.60. The number of rotatable bonds is 6. The second-order valence-corrected chi connectivity index (χ2v) is 5.69. The van der Waals surface area contributed by atoms with E-state index < -0.39 is 0 Å². The van der Waals surface area contributed by atoms with Crippen molar-refractivity contribution in [3.63, 3.8) is 0 Å². The molecular formula is C13H23N3O. The smallest absolute Gasteiger partial charge is 0.0762 e. The van der Waals surface area contributed by atoms with Gasteiger partial charge in [0.15, 0.2) is 0 Å². The quantitative estimate of drug-likeness (QED) is 0.822. The van der Waals surface area contributed by atoms with Crippen LogP contribution in [0, 0.1) is 0 Å². The normalized spacial score (nSPS) is 16.4. The molecule has 1 saturated carbocycles. The molecule has 0 atom stereocenters. The lowest BCUT2D eigenvalue weighted by Crippen LogP contribution is -2.22. The van der Waals surface area contributed by atoms with Crippen LogP contribution in [-0.4, -0.2) is 28.0 Å². The zero-order chi connectivity index (χ0) is 12.3. The van der Waals surface area contributed by atoms with E-state index in [9.17, 15) is 0 Å². The van der Waals surface area contributed by atoms with Gasteiger partial charge in [0.25, 0.3) is 0 Å². The highest BCUT2D eigenvalue weighted by atomic mass is 16.5. The lowest BCUT2D eigenvalue weighted by atomic mass is 10.2. The molecule has 1 aromatic rings. The standard InChI is InChI=1S/C13H23N3O/c1-13(2,3)17-9-8-16-7-6-12(15-16)10-14-11-4-5-11/h6-7,11,14H,4-5,8-10H2,1-3H3. The lowest BCUT2D eigenvalue weighted by molar-refractivity contribution is -0.00792. The first-order valence-corrected chi connectivity index (χ1v) is 6.43. The van der Waals surface area contributed by atoms with Crippen LogP contribution in [-0.2, 0) is 17.8 Å². The molecule has 0 aromatic carbocycles. The Morgan fingerprint density at radius 2 is 2.24 bits per heavy atom. The van der Waals surface area contributed by atoms with E-state index in [-0.39, 0.29) is 5.60 Å². The molecule has 1 aliphatic rings. The number of hydrogen-bond donors (Lipinski definition) is 1. The van der Waals surface area contributed by atoms with Crippen LogP contribution in [0.4, 0.5) is 0 Å². The number of hydrogen-bond acceptors (Lipinski definition) is 3. The molecule has 0 bridgehead atoms. The molecule has 0 aliphatic heterocycles. The van der Waals surface area contributed by atoms with E-state index in [4.69, 9.17) is 4.74 Å². The van der Waals surface area contributed by atoms with E-state index in [0.29, 0.717) is 6.61 Å². The van der Waals surface area contributed by atoms with Crippen LogP contribution in [0.25, 0.3) is 0 Å². The number of nitrogens with zero attached hydrogens (tertiary/aromatic N) is 2. The summed E-state index contributed by atoms with van der Waals surface area (Å²) >= 11 is 0. The van der Waals surface area contributed by atoms with E-state index >= 15 is 0 Å². The number of nitrogens with one attached hydrogen (secondary N) is 1. The topological polar surface area (TPSA) is 39.1 Å². The second-order valence-electron chi connectivity index (χ2n) is 5.69. The van der Waals surface area contributed by atoms with Crippen LogP contribution in [0.2, 0.25) is 0 Å². The van der Waals surface area contributed by atoms with Crippen LogP contribution >= 0.6 is 0 Å². The predicted octanol–water partition coefficient (Wildman–Crippen LogP) is 1.95. The fraction of sp³-hybridized carbons (Fsp3) is 0.769. The molecule has 1 N–H and O–H groups in total. The zero-order valence-corrected chi connectivity index (χ0v) is 11.1. The molecule has 0 saturated heterocycles. The minimum atomic E-state index is -0.0660. The SMILES string of the molecule is CC(C)(C)OCCn1ccc(CNC2CC2)n1. The van der Waals surface area contributed by atoms with Gasteiger partial charge in [0, 0.05) is 18.8 Å². The third kappa shape index (κ3) is 4.88. The van der Waals surface area contributed by atoms with Crippen molar-refractivity contribution < 1.29 is 4.74 Å². The maximum Gasteiger partial charge on any atom is 0.0762 e. The third-order valence-electron chi connectivity index (χ3n) is 2.70. The molecule has 0 spiro atoms. The highest BCUT2D eigenvalue weighted by molar-refractivity contribution is 4.99. The van der Waals surface area contributed by atoms with Gasteiger partial charge >= 0.3 is 0 Å². The Kier molecular flexibility index (Phi) is 3.84. The summed E-state index contributed by atoms with van der Waals surface area (Å²) in [6.45, 7) is 8.63. The van der Waals surface area contributed by atoms with Gasteiger partial charge in [-0.2, -0.15) is 5.10 Å². The van der Waals surface area contributed by atoms with Crippen LogP contribution in [0.5, 0.6) is 0 Å². The van der Waals surface area contributed by atoms with Crippen molar-refractivity contribution >= 4 is 0 Å². The van der Waals surface area contributed by atoms with Gasteiger partial charge in [-0.15, -0.1) is 0 Å². The molecule has 1 fully saturated rings. The average Bonchev–Trinajstić information content (AvgIpc) is 2.95. The van der Waals surface area contributed by atoms with Gasteiger partial charge in [-0.1, -0.05) is 0 Å². The minimum absolute atomic E-state index is 0.0660. The van der Waals surface area contributed by atoms with E-state index in [1.165, 1.54) is 12.8 Å². The number of aromatic nitrogens is 2. The van der Waals surface area contributed by atoms with E-state index in [2.05, 4.69) is 37.3 Å². The van der Waals surface area contributed by atoms with Crippen molar-refractivity contribution in [3.05, 3.63) is 18.0 Å². The highest BCUT2D eigenvalue weighted by Crippen LogP contribution is 2.18. The molecule has 1 aromatic heterocycles. The maximum atomic E-state index is 5.67. The summed E-state index contributed by atoms with van der Waals surface area (Å²) in [5, 5.41) is 7.96. The summed E-state index contributed by atoms with van der Waals surface area (Å²) in [7, 11) is 0. The first kappa shape index (κ1) is 12.6. The van der Waals surface area contributed by atoms with Gasteiger partial charge in [0.05, 0.1) is 24.4 Å². The van der Waals surface area contributed by atoms with Gasteiger partial charge in [-0.25, -0.2) is 0 Å². The van der Waals surface area contributed by atoms with Gasteiger partial charge in [0.2, 0.25) is 0 Å². The number of ether oxygens (including phenoxy) is 1. The van der Waals surface area contributed by atoms with Crippen LogP contribution < -0.4 is 5.32 Å². The van der Waals surface area contributed by atoms with Gasteiger partial charge in [0.1, 0.15) is 0 Å². The third-order valence-corrected chi connectivity index (χ3v) is 2.70. The van der Waals surface area contributed by atoms with Gasteiger partial charge < -0.3 is 10.1 Å². The summed E-state index contributed by atoms with van der Waals surface area (Å²) in [6, 6.07) is 2.82. The highest BCUT2D eigenvalue weighted by Gasteiger charge is 2.20. The van der Waals surface area contributed by atoms with Crippen molar-refractivity contribution in [1.29, 1.82) is 0 Å². The van der Waals surface area contributed by atoms with E-state index in [1.807, 2.05) is 10.9 Å². The van der Waals surface area contributed by atoms with Crippen molar-refractivity contribution in [2.45, 2.75) is 58.3 Å². The predicted molar refractivity (Wildman–Crippen MR) is 67.8 cm³/mol. The summed E-state index contributed by atoms with van der Waals surface area (Å²) in [4.78, 5) is 0. The molecule has 0 amide bonds. The molecule has 1 heterocycles. The Morgan fingerprint density at radius 1 is 1.47 bits per heavy atom. The second kappa shape index (κ2) is 5.19. The largest absolute Gasteiger partial charge is 0.374 e. The lowest BCUT2D eigenvalue weighted by Gasteiger charge is -2.19. The maximum absolute atomic E-state index is 5.67. The van der Waals surface area contributed by atoms with Crippen LogP contribution in [0.1, 0.15) is 39.3 Å². The van der Waals surface area contributed by atoms with E-state index in [0.717, 1.165) is 24.8 Å². The summed E-state index contributed by atoms with van der Waals surface area (Å²) in [6.07, 6.45) is 4.66. The van der Waals surface area contributed by atoms with Crippen molar-refractivity contribution in [2.75, 3.05) is 6.61 Å². The van der Waals surface area contributed by atoms with Crippen LogP contribution in [0.3, 0.4) is 0 Å². The van der Waals surface area contributed by atoms with Crippen molar-refractivity contribution in [3.8, 4) is 0 Å². The van der Waals surface area contributed by atoms with Crippen molar-refractivity contribution in [2.24, 2.45) is 0 Å². The zero-order valence-electron chi connectivity index (χ0n) is 11.1.